The molecule has 0 fully saturated rings. The Kier molecular flexibility index (Phi) is 4.24. The minimum atomic E-state index is -2.22. The fourth-order valence-corrected chi connectivity index (χ4v) is 2.19. The topological polar surface area (TPSA) is 49.4 Å². The van der Waals surface area contributed by atoms with Gasteiger partial charge in [0, 0.05) is 9.92 Å². The fourth-order valence-electron chi connectivity index (χ4n) is 1.72. The molecule has 3 nitrogen and oxygen atoms in total. The van der Waals surface area contributed by atoms with Gasteiger partial charge in [0.15, 0.2) is 0 Å². The third-order valence-electron chi connectivity index (χ3n) is 2.66. The summed E-state index contributed by atoms with van der Waals surface area (Å²) in [6.45, 7) is 3.82. The molecule has 100 valence electrons. The highest BCUT2D eigenvalue weighted by Crippen LogP contribution is 2.29. The van der Waals surface area contributed by atoms with Gasteiger partial charge < -0.3 is 9.29 Å². The highest BCUT2D eigenvalue weighted by atomic mass is 35.5. The summed E-state index contributed by atoms with van der Waals surface area (Å²) < 4.78 is 27.2. The van der Waals surface area contributed by atoms with Crippen LogP contribution in [-0.4, -0.2) is 8.76 Å². The quantitative estimate of drug-likeness (QED) is 0.805. The van der Waals surface area contributed by atoms with Crippen LogP contribution in [0.3, 0.4) is 0 Å². The lowest BCUT2D eigenvalue weighted by atomic mass is 10.1. The summed E-state index contributed by atoms with van der Waals surface area (Å²) in [5.74, 6) is 1.26. The van der Waals surface area contributed by atoms with Crippen molar-refractivity contribution in [3.05, 3.63) is 52.5 Å². The summed E-state index contributed by atoms with van der Waals surface area (Å²) in [6, 6.07) is 9.90. The molecule has 0 saturated carbocycles. The number of rotatable bonds is 3. The van der Waals surface area contributed by atoms with Gasteiger partial charge in [0.2, 0.25) is 0 Å². The third-order valence-corrected chi connectivity index (χ3v) is 3.92. The van der Waals surface area contributed by atoms with Crippen molar-refractivity contribution in [1.82, 2.24) is 0 Å². The first-order valence-corrected chi connectivity index (χ1v) is 7.06. The predicted molar refractivity (Wildman–Crippen MR) is 74.6 cm³/mol. The van der Waals surface area contributed by atoms with E-state index in [4.69, 9.17) is 16.3 Å². The highest BCUT2D eigenvalue weighted by molar-refractivity contribution is 7.79. The van der Waals surface area contributed by atoms with Gasteiger partial charge >= 0.3 is 0 Å². The molecule has 2 rings (SSSR count). The van der Waals surface area contributed by atoms with Crippen LogP contribution in [0.4, 0.5) is 0 Å². The zero-order chi connectivity index (χ0) is 14.0. The van der Waals surface area contributed by atoms with E-state index in [-0.39, 0.29) is 4.90 Å². The summed E-state index contributed by atoms with van der Waals surface area (Å²) in [7, 11) is 0. The maximum atomic E-state index is 10.7. The van der Waals surface area contributed by atoms with Crippen LogP contribution in [0.5, 0.6) is 11.5 Å². The monoisotopic (exact) mass is 295 g/mol. The van der Waals surface area contributed by atoms with E-state index in [0.717, 1.165) is 16.1 Å². The maximum absolute atomic E-state index is 10.7. The second-order valence-electron chi connectivity index (χ2n) is 4.18. The molecule has 2 aromatic carbocycles. The summed E-state index contributed by atoms with van der Waals surface area (Å²) in [4.78, 5) is 0.232. The fraction of sp³-hybridized carbons (Fsp3) is 0.143. The van der Waals surface area contributed by atoms with E-state index in [9.17, 15) is 8.76 Å². The van der Waals surface area contributed by atoms with E-state index in [0.29, 0.717) is 11.5 Å². The molecule has 0 N–H and O–H groups in total. The molecule has 1 unspecified atom stereocenters. The summed E-state index contributed by atoms with van der Waals surface area (Å²) >= 11 is 3.87. The lowest BCUT2D eigenvalue weighted by Crippen LogP contribution is -1.90. The molecule has 0 aromatic heterocycles. The molecule has 0 spiro atoms. The largest absolute Gasteiger partial charge is 0.768 e. The first-order valence-electron chi connectivity index (χ1n) is 5.61. The summed E-state index contributed by atoms with van der Waals surface area (Å²) in [6.07, 6.45) is 0. The van der Waals surface area contributed by atoms with E-state index in [1.807, 2.05) is 26.0 Å². The molecule has 0 heterocycles. The lowest BCUT2D eigenvalue weighted by molar-refractivity contribution is 0.481. The smallest absolute Gasteiger partial charge is 0.128 e. The van der Waals surface area contributed by atoms with Crippen LogP contribution in [0.15, 0.2) is 41.3 Å². The van der Waals surface area contributed by atoms with Crippen molar-refractivity contribution in [2.45, 2.75) is 18.7 Å². The summed E-state index contributed by atoms with van der Waals surface area (Å²) in [5, 5.41) is 0.726. The second kappa shape index (κ2) is 5.74. The molecular formula is C14H12ClO3S-. The Balaban J connectivity index is 2.24. The van der Waals surface area contributed by atoms with E-state index >= 15 is 0 Å². The van der Waals surface area contributed by atoms with E-state index in [2.05, 4.69) is 0 Å². The molecule has 0 radical (unpaired) electrons. The first kappa shape index (κ1) is 14.1. The standard InChI is InChI=1S/C14H13ClO3S/c1-9-7-12(8-10(2)14(9)15)18-11-3-5-13(6-4-11)19(16)17/h3-8H,1-2H3,(H,16,17)/p-1. The molecule has 0 saturated heterocycles. The van der Waals surface area contributed by atoms with Crippen LogP contribution in [0, 0.1) is 13.8 Å². The van der Waals surface area contributed by atoms with Crippen LogP contribution < -0.4 is 4.74 Å². The van der Waals surface area contributed by atoms with Crippen molar-refractivity contribution >= 4 is 22.7 Å². The average molecular weight is 296 g/mol. The van der Waals surface area contributed by atoms with Gasteiger partial charge in [0.25, 0.3) is 0 Å². The molecule has 0 aliphatic heterocycles. The minimum Gasteiger partial charge on any atom is -0.768 e. The molecule has 5 heteroatoms. The van der Waals surface area contributed by atoms with Crippen LogP contribution >= 0.6 is 11.6 Å². The molecule has 0 bridgehead atoms. The number of ether oxygens (including phenoxy) is 1. The number of hydrogen-bond donors (Lipinski definition) is 0. The zero-order valence-corrected chi connectivity index (χ0v) is 12.0. The highest BCUT2D eigenvalue weighted by Gasteiger charge is 2.04. The van der Waals surface area contributed by atoms with Gasteiger partial charge in [0.1, 0.15) is 11.5 Å². The number of benzene rings is 2. The van der Waals surface area contributed by atoms with Gasteiger partial charge in [-0.3, -0.25) is 4.21 Å². The Bertz CT molecular complexity index is 600. The minimum absolute atomic E-state index is 0.232. The number of aryl methyl sites for hydroxylation is 2. The van der Waals surface area contributed by atoms with Gasteiger partial charge in [-0.15, -0.1) is 0 Å². The van der Waals surface area contributed by atoms with Crippen molar-refractivity contribution < 1.29 is 13.5 Å². The molecule has 0 aliphatic carbocycles. The van der Waals surface area contributed by atoms with E-state index in [1.54, 1.807) is 12.1 Å². The Morgan fingerprint density at radius 3 is 2.05 bits per heavy atom. The van der Waals surface area contributed by atoms with Gasteiger partial charge in [-0.25, -0.2) is 0 Å². The number of hydrogen-bond acceptors (Lipinski definition) is 3. The first-order chi connectivity index (χ1) is 8.97. The third kappa shape index (κ3) is 3.35. The summed E-state index contributed by atoms with van der Waals surface area (Å²) in [5.41, 5.74) is 1.88. The SMILES string of the molecule is Cc1cc(Oc2ccc(S(=O)[O-])cc2)cc(C)c1Cl. The van der Waals surface area contributed by atoms with E-state index < -0.39 is 11.1 Å². The molecule has 0 aliphatic rings. The Morgan fingerprint density at radius 1 is 1.05 bits per heavy atom. The van der Waals surface area contributed by atoms with Gasteiger partial charge in [-0.2, -0.15) is 0 Å². The lowest BCUT2D eigenvalue weighted by Gasteiger charge is -2.10. The van der Waals surface area contributed by atoms with E-state index in [1.165, 1.54) is 12.1 Å². The normalized spacial score (nSPS) is 12.2. The Hall–Kier alpha value is -1.36. The van der Waals surface area contributed by atoms with Crippen molar-refractivity contribution in [3.63, 3.8) is 0 Å². The molecule has 19 heavy (non-hydrogen) atoms. The average Bonchev–Trinajstić information content (AvgIpc) is 2.36. The van der Waals surface area contributed by atoms with Gasteiger partial charge in [-0.1, -0.05) is 11.6 Å². The van der Waals surface area contributed by atoms with Gasteiger partial charge in [0.05, 0.1) is 0 Å². The molecule has 0 amide bonds. The molecular weight excluding hydrogens is 284 g/mol. The van der Waals surface area contributed by atoms with Crippen molar-refractivity contribution in [2.24, 2.45) is 0 Å². The van der Waals surface area contributed by atoms with Crippen molar-refractivity contribution in [1.29, 1.82) is 0 Å². The predicted octanol–water partition coefficient (Wildman–Crippen LogP) is 3.99. The number of halogens is 1. The molecule has 1 atom stereocenters. The second-order valence-corrected chi connectivity index (χ2v) is 5.50. The van der Waals surface area contributed by atoms with Crippen molar-refractivity contribution in [2.75, 3.05) is 0 Å². The van der Waals surface area contributed by atoms with Gasteiger partial charge in [-0.05, 0) is 72.5 Å². The van der Waals surface area contributed by atoms with Crippen LogP contribution in [-0.2, 0) is 11.1 Å². The van der Waals surface area contributed by atoms with Crippen LogP contribution in [0.25, 0.3) is 0 Å². The Labute approximate surface area is 119 Å². The van der Waals surface area contributed by atoms with Crippen LogP contribution in [0.2, 0.25) is 5.02 Å². The Morgan fingerprint density at radius 2 is 1.58 bits per heavy atom. The maximum Gasteiger partial charge on any atom is 0.128 e. The van der Waals surface area contributed by atoms with Crippen molar-refractivity contribution in [3.8, 4) is 11.5 Å². The van der Waals surface area contributed by atoms with Crippen LogP contribution in [0.1, 0.15) is 11.1 Å². The zero-order valence-electron chi connectivity index (χ0n) is 10.5. The molecule has 2 aromatic rings.